The number of nitrogens with two attached hydrogens (primary N) is 1. The number of carbonyl (C=O) groups excluding carboxylic acids is 3. The summed E-state index contributed by atoms with van der Waals surface area (Å²) in [5.41, 5.74) is 5.37. The fourth-order valence-corrected chi connectivity index (χ4v) is 2.47. The highest BCUT2D eigenvalue weighted by Gasteiger charge is 2.31. The van der Waals surface area contributed by atoms with Crippen LogP contribution in [0.15, 0.2) is 0 Å². The van der Waals surface area contributed by atoms with E-state index in [1.165, 1.54) is 13.8 Å². The normalized spacial score (nSPS) is 14.5. The van der Waals surface area contributed by atoms with Crippen LogP contribution < -0.4 is 21.7 Å². The number of carboxylic acids is 3. The minimum absolute atomic E-state index is 0.387. The van der Waals surface area contributed by atoms with Crippen molar-refractivity contribution in [1.82, 2.24) is 16.0 Å². The molecule has 0 saturated carbocycles. The molecule has 0 radical (unpaired) electrons. The largest absolute Gasteiger partial charge is 0.481 e. The van der Waals surface area contributed by atoms with Crippen LogP contribution >= 0.6 is 0 Å². The predicted molar refractivity (Wildman–Crippen MR) is 107 cm³/mol. The third kappa shape index (κ3) is 10.7. The molecule has 0 aliphatic rings. The Bertz CT molecular complexity index is 712. The Kier molecular flexibility index (Phi) is 12.5. The summed E-state index contributed by atoms with van der Waals surface area (Å²) >= 11 is 0. The van der Waals surface area contributed by atoms with E-state index in [1.807, 2.05) is 0 Å². The standard InChI is InChI=1S/C18H30N4O10/c1-8(2)14(18(31)32)22-17(30)11(4-6-13(26)27)21-16(29)10(3-5-12(24)25)20-15(28)9(19)7-23/h8-11,14,23H,3-7,19H2,1-2H3,(H,20,28)(H,21,29)(H,22,30)(H,24,25)(H,26,27)(H,31,32). The predicted octanol–water partition coefficient (Wildman–Crippen LogP) is -2.77. The molecule has 0 aromatic heterocycles. The molecule has 0 aromatic rings. The van der Waals surface area contributed by atoms with Crippen LogP contribution in [0.2, 0.25) is 0 Å². The first kappa shape index (κ1) is 28.7. The minimum atomic E-state index is -1.48. The lowest BCUT2D eigenvalue weighted by atomic mass is 10.0. The van der Waals surface area contributed by atoms with Gasteiger partial charge in [0.2, 0.25) is 17.7 Å². The van der Waals surface area contributed by atoms with Gasteiger partial charge in [0, 0.05) is 12.8 Å². The smallest absolute Gasteiger partial charge is 0.326 e. The SMILES string of the molecule is CC(C)C(NC(=O)C(CCC(=O)O)NC(=O)C(CCC(=O)O)NC(=O)C(N)CO)C(=O)O. The van der Waals surface area contributed by atoms with Crippen LogP contribution in [-0.2, 0) is 28.8 Å². The van der Waals surface area contributed by atoms with Gasteiger partial charge in [-0.15, -0.1) is 0 Å². The van der Waals surface area contributed by atoms with Crippen molar-refractivity contribution in [2.24, 2.45) is 11.7 Å². The Morgan fingerprint density at radius 1 is 0.750 bits per heavy atom. The molecule has 0 bridgehead atoms. The molecule has 0 fully saturated rings. The van der Waals surface area contributed by atoms with Crippen molar-refractivity contribution in [3.05, 3.63) is 0 Å². The summed E-state index contributed by atoms with van der Waals surface area (Å²) in [6.45, 7) is 2.33. The summed E-state index contributed by atoms with van der Waals surface area (Å²) in [6, 6.07) is -5.63. The first-order valence-corrected chi connectivity index (χ1v) is 9.74. The number of aliphatic hydroxyl groups excluding tert-OH is 1. The van der Waals surface area contributed by atoms with E-state index in [1.54, 1.807) is 0 Å². The van der Waals surface area contributed by atoms with Crippen molar-refractivity contribution >= 4 is 35.6 Å². The highest BCUT2D eigenvalue weighted by Crippen LogP contribution is 2.07. The van der Waals surface area contributed by atoms with E-state index in [-0.39, 0.29) is 6.42 Å². The molecule has 0 rings (SSSR count). The molecule has 3 amide bonds. The molecule has 4 unspecified atom stereocenters. The summed E-state index contributed by atoms with van der Waals surface area (Å²) in [5, 5.41) is 42.5. The van der Waals surface area contributed by atoms with Crippen LogP contribution in [-0.4, -0.2) is 86.8 Å². The molecule has 0 heterocycles. The average molecular weight is 462 g/mol. The maximum Gasteiger partial charge on any atom is 0.326 e. The number of aliphatic carboxylic acids is 3. The van der Waals surface area contributed by atoms with Gasteiger partial charge in [-0.2, -0.15) is 0 Å². The van der Waals surface area contributed by atoms with E-state index in [0.29, 0.717) is 0 Å². The van der Waals surface area contributed by atoms with E-state index in [0.717, 1.165) is 0 Å². The lowest BCUT2D eigenvalue weighted by Gasteiger charge is -2.25. The van der Waals surface area contributed by atoms with Gasteiger partial charge in [-0.1, -0.05) is 13.8 Å². The second-order valence-electron chi connectivity index (χ2n) is 7.34. The van der Waals surface area contributed by atoms with E-state index in [2.05, 4.69) is 16.0 Å². The van der Waals surface area contributed by atoms with Gasteiger partial charge in [-0.3, -0.25) is 24.0 Å². The van der Waals surface area contributed by atoms with Gasteiger partial charge in [0.25, 0.3) is 0 Å². The average Bonchev–Trinajstić information content (AvgIpc) is 2.69. The second kappa shape index (κ2) is 13.9. The number of hydrogen-bond acceptors (Lipinski definition) is 8. The number of aliphatic hydroxyl groups is 1. The quantitative estimate of drug-likeness (QED) is 0.124. The monoisotopic (exact) mass is 462 g/mol. The number of rotatable bonds is 15. The van der Waals surface area contributed by atoms with Gasteiger partial charge in [0.1, 0.15) is 24.2 Å². The van der Waals surface area contributed by atoms with Crippen molar-refractivity contribution in [1.29, 1.82) is 0 Å². The summed E-state index contributed by atoms with van der Waals surface area (Å²) < 4.78 is 0. The first-order chi connectivity index (χ1) is 14.8. The fraction of sp³-hybridized carbons (Fsp3) is 0.667. The van der Waals surface area contributed by atoms with Crippen molar-refractivity contribution in [2.75, 3.05) is 6.61 Å². The van der Waals surface area contributed by atoms with Gasteiger partial charge in [-0.05, 0) is 18.8 Å². The van der Waals surface area contributed by atoms with Crippen molar-refractivity contribution in [2.45, 2.75) is 63.7 Å². The Morgan fingerprint density at radius 2 is 1.16 bits per heavy atom. The molecular formula is C18H30N4O10. The van der Waals surface area contributed by atoms with E-state index < -0.39 is 91.6 Å². The van der Waals surface area contributed by atoms with Crippen molar-refractivity contribution < 1.29 is 49.2 Å². The molecule has 14 nitrogen and oxygen atoms in total. The van der Waals surface area contributed by atoms with Gasteiger partial charge in [-0.25, -0.2) is 4.79 Å². The molecule has 14 heteroatoms. The second-order valence-corrected chi connectivity index (χ2v) is 7.34. The lowest BCUT2D eigenvalue weighted by molar-refractivity contribution is -0.144. The summed E-state index contributed by atoms with van der Waals surface area (Å²) in [6.07, 6.45) is -1.86. The van der Waals surface area contributed by atoms with E-state index >= 15 is 0 Å². The maximum atomic E-state index is 12.6. The lowest BCUT2D eigenvalue weighted by Crippen LogP contribution is -2.58. The molecule has 0 aliphatic carbocycles. The van der Waals surface area contributed by atoms with Crippen molar-refractivity contribution in [3.8, 4) is 0 Å². The van der Waals surface area contributed by atoms with Gasteiger partial charge in [0.15, 0.2) is 0 Å². The molecule has 4 atom stereocenters. The molecule has 0 aromatic carbocycles. The molecule has 32 heavy (non-hydrogen) atoms. The molecule has 0 spiro atoms. The van der Waals surface area contributed by atoms with Crippen LogP contribution in [0.1, 0.15) is 39.5 Å². The number of amides is 3. The molecule has 9 N–H and O–H groups in total. The van der Waals surface area contributed by atoms with E-state index in [4.69, 9.17) is 21.1 Å². The molecule has 182 valence electrons. The van der Waals surface area contributed by atoms with Crippen LogP contribution in [0.5, 0.6) is 0 Å². The highest BCUT2D eigenvalue weighted by atomic mass is 16.4. The Morgan fingerprint density at radius 3 is 1.50 bits per heavy atom. The van der Waals surface area contributed by atoms with Crippen LogP contribution in [0.4, 0.5) is 0 Å². The number of nitrogens with one attached hydrogen (secondary N) is 3. The fourth-order valence-electron chi connectivity index (χ4n) is 2.47. The number of carbonyl (C=O) groups is 6. The third-order valence-electron chi connectivity index (χ3n) is 4.32. The van der Waals surface area contributed by atoms with Crippen LogP contribution in [0.3, 0.4) is 0 Å². The summed E-state index contributed by atoms with van der Waals surface area (Å²) in [7, 11) is 0. The first-order valence-electron chi connectivity index (χ1n) is 9.74. The summed E-state index contributed by atoms with van der Waals surface area (Å²) in [5.74, 6) is -7.32. The summed E-state index contributed by atoms with van der Waals surface area (Å²) in [4.78, 5) is 70.2. The third-order valence-corrected chi connectivity index (χ3v) is 4.32. The van der Waals surface area contributed by atoms with Gasteiger partial charge < -0.3 is 42.1 Å². The van der Waals surface area contributed by atoms with Gasteiger partial charge in [0.05, 0.1) is 6.61 Å². The molecule has 0 saturated heterocycles. The van der Waals surface area contributed by atoms with E-state index in [9.17, 15) is 33.9 Å². The van der Waals surface area contributed by atoms with Crippen LogP contribution in [0.25, 0.3) is 0 Å². The zero-order valence-corrected chi connectivity index (χ0v) is 17.7. The molecule has 0 aliphatic heterocycles. The number of hydrogen-bond donors (Lipinski definition) is 8. The molecular weight excluding hydrogens is 432 g/mol. The van der Waals surface area contributed by atoms with Crippen LogP contribution in [0, 0.1) is 5.92 Å². The highest BCUT2D eigenvalue weighted by molar-refractivity contribution is 5.94. The maximum absolute atomic E-state index is 12.6. The minimum Gasteiger partial charge on any atom is -0.481 e. The Balaban J connectivity index is 5.57. The topological polar surface area (TPSA) is 245 Å². The zero-order valence-electron chi connectivity index (χ0n) is 17.7. The van der Waals surface area contributed by atoms with Crippen molar-refractivity contribution in [3.63, 3.8) is 0 Å². The van der Waals surface area contributed by atoms with Gasteiger partial charge >= 0.3 is 17.9 Å². The number of carboxylic acid groups (broad SMARTS) is 3. The zero-order chi connectivity index (χ0) is 25.0. The Labute approximate surface area is 183 Å². The Hall–Kier alpha value is -3.26.